The highest BCUT2D eigenvalue weighted by Gasteiger charge is 2.30. The van der Waals surface area contributed by atoms with E-state index in [0.29, 0.717) is 11.3 Å². The maximum Gasteiger partial charge on any atom is 0.129 e. The highest BCUT2D eigenvalue weighted by Crippen LogP contribution is 2.27. The molecule has 0 saturated heterocycles. The minimum absolute atomic E-state index is 0.0878. The van der Waals surface area contributed by atoms with Crippen molar-refractivity contribution in [2.75, 3.05) is 0 Å². The molecule has 0 aliphatic heterocycles. The van der Waals surface area contributed by atoms with Gasteiger partial charge in [-0.2, -0.15) is 0 Å². The van der Waals surface area contributed by atoms with Crippen molar-refractivity contribution in [3.8, 4) is 5.75 Å². The monoisotopic (exact) mass is 239 g/mol. The molecule has 2 unspecified atom stereocenters. The Labute approximate surface area is 103 Å². The summed E-state index contributed by atoms with van der Waals surface area (Å²) >= 11 is 0. The van der Waals surface area contributed by atoms with Gasteiger partial charge < -0.3 is 10.5 Å². The molecule has 0 spiro atoms. The standard InChI is InChI=1S/C14H22FNO/c1-9-6-7-11(8-12(9)15)17-13(10(2)16)14(3,4)5/h6-8,10,13H,16H2,1-5H3. The lowest BCUT2D eigenvalue weighted by Crippen LogP contribution is -2.45. The van der Waals surface area contributed by atoms with E-state index in [1.807, 2.05) is 6.92 Å². The first-order chi connectivity index (χ1) is 7.71. The quantitative estimate of drug-likeness (QED) is 0.878. The van der Waals surface area contributed by atoms with Crippen LogP contribution < -0.4 is 10.5 Å². The fraction of sp³-hybridized carbons (Fsp3) is 0.571. The number of hydrogen-bond donors (Lipinski definition) is 1. The van der Waals surface area contributed by atoms with Crippen LogP contribution in [0.1, 0.15) is 33.3 Å². The van der Waals surface area contributed by atoms with E-state index in [9.17, 15) is 4.39 Å². The predicted octanol–water partition coefficient (Wildman–Crippen LogP) is 3.27. The second-order valence-electron chi connectivity index (χ2n) is 5.67. The molecule has 1 aromatic rings. The Morgan fingerprint density at radius 2 is 1.88 bits per heavy atom. The molecule has 0 bridgehead atoms. The molecule has 0 heterocycles. The van der Waals surface area contributed by atoms with Crippen molar-refractivity contribution in [3.63, 3.8) is 0 Å². The van der Waals surface area contributed by atoms with Crippen molar-refractivity contribution in [1.82, 2.24) is 0 Å². The zero-order valence-electron chi connectivity index (χ0n) is 11.3. The highest BCUT2D eigenvalue weighted by atomic mass is 19.1. The van der Waals surface area contributed by atoms with Gasteiger partial charge in [0.1, 0.15) is 17.7 Å². The summed E-state index contributed by atoms with van der Waals surface area (Å²) in [6.07, 6.45) is -0.149. The van der Waals surface area contributed by atoms with E-state index in [4.69, 9.17) is 10.5 Å². The van der Waals surface area contributed by atoms with Gasteiger partial charge in [0.05, 0.1) is 0 Å². The third-order valence-corrected chi connectivity index (χ3v) is 2.74. The second kappa shape index (κ2) is 5.05. The molecule has 0 aliphatic carbocycles. The summed E-state index contributed by atoms with van der Waals surface area (Å²) in [7, 11) is 0. The third kappa shape index (κ3) is 3.70. The summed E-state index contributed by atoms with van der Waals surface area (Å²) < 4.78 is 19.2. The summed E-state index contributed by atoms with van der Waals surface area (Å²) in [5, 5.41) is 0. The van der Waals surface area contributed by atoms with Crippen LogP contribution in [0.3, 0.4) is 0 Å². The molecule has 2 atom stereocenters. The van der Waals surface area contributed by atoms with Gasteiger partial charge in [0, 0.05) is 17.5 Å². The summed E-state index contributed by atoms with van der Waals surface area (Å²) in [6.45, 7) is 9.81. The van der Waals surface area contributed by atoms with Crippen LogP contribution in [-0.4, -0.2) is 12.1 Å². The second-order valence-corrected chi connectivity index (χ2v) is 5.67. The molecule has 17 heavy (non-hydrogen) atoms. The molecule has 2 nitrogen and oxygen atoms in total. The Bertz CT molecular complexity index is 382. The normalized spacial score (nSPS) is 15.5. The van der Waals surface area contributed by atoms with Crippen LogP contribution >= 0.6 is 0 Å². The van der Waals surface area contributed by atoms with Crippen molar-refractivity contribution >= 4 is 0 Å². The average Bonchev–Trinajstić information content (AvgIpc) is 2.17. The Kier molecular flexibility index (Phi) is 4.15. The first-order valence-electron chi connectivity index (χ1n) is 5.90. The van der Waals surface area contributed by atoms with E-state index in [2.05, 4.69) is 20.8 Å². The van der Waals surface area contributed by atoms with Crippen molar-refractivity contribution in [3.05, 3.63) is 29.6 Å². The Hall–Kier alpha value is -1.09. The Morgan fingerprint density at radius 3 is 2.29 bits per heavy atom. The fourth-order valence-corrected chi connectivity index (χ4v) is 1.87. The molecule has 96 valence electrons. The smallest absolute Gasteiger partial charge is 0.129 e. The van der Waals surface area contributed by atoms with Gasteiger partial charge in [-0.15, -0.1) is 0 Å². The maximum absolute atomic E-state index is 13.4. The zero-order valence-corrected chi connectivity index (χ0v) is 11.3. The van der Waals surface area contributed by atoms with Gasteiger partial charge in [-0.05, 0) is 25.5 Å². The minimum atomic E-state index is -0.250. The fourth-order valence-electron chi connectivity index (χ4n) is 1.87. The lowest BCUT2D eigenvalue weighted by Gasteiger charge is -2.34. The summed E-state index contributed by atoms with van der Waals surface area (Å²) in [6, 6.07) is 4.79. The first-order valence-corrected chi connectivity index (χ1v) is 5.90. The number of halogens is 1. The van der Waals surface area contributed by atoms with E-state index in [0.717, 1.165) is 0 Å². The number of ether oxygens (including phenoxy) is 1. The first kappa shape index (κ1) is 14.0. The van der Waals surface area contributed by atoms with Crippen LogP contribution in [0, 0.1) is 18.2 Å². The lowest BCUT2D eigenvalue weighted by molar-refractivity contribution is 0.0681. The molecule has 1 rings (SSSR count). The Balaban J connectivity index is 2.91. The van der Waals surface area contributed by atoms with Crippen LogP contribution in [0.15, 0.2) is 18.2 Å². The lowest BCUT2D eigenvalue weighted by atomic mass is 9.85. The molecule has 0 aromatic heterocycles. The van der Waals surface area contributed by atoms with Gasteiger partial charge in [0.2, 0.25) is 0 Å². The van der Waals surface area contributed by atoms with Gasteiger partial charge in [0.15, 0.2) is 0 Å². The number of rotatable bonds is 3. The Morgan fingerprint density at radius 1 is 1.29 bits per heavy atom. The van der Waals surface area contributed by atoms with Gasteiger partial charge in [-0.1, -0.05) is 26.8 Å². The molecule has 0 saturated carbocycles. The minimum Gasteiger partial charge on any atom is -0.488 e. The van der Waals surface area contributed by atoms with Crippen LogP contribution in [-0.2, 0) is 0 Å². The number of nitrogens with two attached hydrogens (primary N) is 1. The van der Waals surface area contributed by atoms with Gasteiger partial charge >= 0.3 is 0 Å². The molecule has 3 heteroatoms. The topological polar surface area (TPSA) is 35.2 Å². The van der Waals surface area contributed by atoms with Crippen LogP contribution in [0.2, 0.25) is 0 Å². The molecule has 0 aliphatic rings. The van der Waals surface area contributed by atoms with Gasteiger partial charge in [0.25, 0.3) is 0 Å². The van der Waals surface area contributed by atoms with Crippen molar-refractivity contribution in [1.29, 1.82) is 0 Å². The molecular weight excluding hydrogens is 217 g/mol. The largest absolute Gasteiger partial charge is 0.488 e. The molecule has 1 aromatic carbocycles. The number of benzene rings is 1. The van der Waals surface area contributed by atoms with Gasteiger partial charge in [-0.25, -0.2) is 4.39 Å². The van der Waals surface area contributed by atoms with Gasteiger partial charge in [-0.3, -0.25) is 0 Å². The summed E-state index contributed by atoms with van der Waals surface area (Å²) in [5.41, 5.74) is 6.45. The SMILES string of the molecule is Cc1ccc(OC(C(C)N)C(C)(C)C)cc1F. The van der Waals surface area contributed by atoms with E-state index in [1.165, 1.54) is 6.07 Å². The molecule has 0 radical (unpaired) electrons. The molecular formula is C14H22FNO. The number of aryl methyl sites for hydroxylation is 1. The van der Waals surface area contributed by atoms with Crippen LogP contribution in [0.5, 0.6) is 5.75 Å². The molecule has 0 amide bonds. The highest BCUT2D eigenvalue weighted by molar-refractivity contribution is 5.28. The molecule has 2 N–H and O–H groups in total. The van der Waals surface area contributed by atoms with Crippen LogP contribution in [0.4, 0.5) is 4.39 Å². The summed E-state index contributed by atoms with van der Waals surface area (Å²) in [5.74, 6) is 0.283. The molecule has 0 fully saturated rings. The predicted molar refractivity (Wildman–Crippen MR) is 68.7 cm³/mol. The number of hydrogen-bond acceptors (Lipinski definition) is 2. The van der Waals surface area contributed by atoms with E-state index in [1.54, 1.807) is 19.1 Å². The van der Waals surface area contributed by atoms with Crippen molar-refractivity contribution < 1.29 is 9.13 Å². The zero-order chi connectivity index (χ0) is 13.2. The van der Waals surface area contributed by atoms with E-state index >= 15 is 0 Å². The van der Waals surface area contributed by atoms with Crippen molar-refractivity contribution in [2.45, 2.75) is 46.8 Å². The van der Waals surface area contributed by atoms with E-state index < -0.39 is 0 Å². The average molecular weight is 239 g/mol. The van der Waals surface area contributed by atoms with Crippen molar-refractivity contribution in [2.24, 2.45) is 11.1 Å². The summed E-state index contributed by atoms with van der Waals surface area (Å²) in [4.78, 5) is 0. The van der Waals surface area contributed by atoms with E-state index in [-0.39, 0.29) is 23.4 Å². The van der Waals surface area contributed by atoms with Crippen LogP contribution in [0.25, 0.3) is 0 Å². The third-order valence-electron chi connectivity index (χ3n) is 2.74. The maximum atomic E-state index is 13.4.